The van der Waals surface area contributed by atoms with Gasteiger partial charge in [0, 0.05) is 109 Å². The molecule has 4 aliphatic heterocycles. The van der Waals surface area contributed by atoms with Crippen LogP contribution in [0, 0.1) is 41.4 Å². The average molecular weight is 1880 g/mol. The third kappa shape index (κ3) is 77.7. The number of carboxylic acid groups (broad SMARTS) is 1. The number of aliphatic carboxylic acids is 1. The minimum Gasteiger partial charge on any atom is -0.481 e. The predicted octanol–water partition coefficient (Wildman–Crippen LogP) is 14.0. The van der Waals surface area contributed by atoms with Gasteiger partial charge in [-0.3, -0.25) is 48.1 Å². The van der Waals surface area contributed by atoms with E-state index in [0.29, 0.717) is 86.2 Å². The number of amides is 1. The van der Waals surface area contributed by atoms with Crippen LogP contribution < -0.4 is 10.6 Å². The summed E-state index contributed by atoms with van der Waals surface area (Å²) in [5.74, 6) is 12.0. The molecule has 0 spiro atoms. The van der Waals surface area contributed by atoms with Crippen LogP contribution in [0.1, 0.15) is 272 Å². The molecule has 128 heavy (non-hydrogen) atoms. The maximum Gasteiger partial charge on any atom is 0.305 e. The Labute approximate surface area is 790 Å². The van der Waals surface area contributed by atoms with Crippen LogP contribution in [0.3, 0.4) is 0 Å². The van der Waals surface area contributed by atoms with E-state index in [9.17, 15) is 46.4 Å². The fourth-order valence-electron chi connectivity index (χ4n) is 15.9. The lowest BCUT2D eigenvalue weighted by Crippen LogP contribution is -2.45. The zero-order valence-electron chi connectivity index (χ0n) is 88.5. The summed E-state index contributed by atoms with van der Waals surface area (Å²) in [6.07, 6.45) is 25.2. The standard InChI is InChI=1S/C16H36N3O.C15H33N2O2P.C15H30N2O.C14H30N2O2S.C14H28N2O.C14H27NO3.C11H26N2O2S/c1-14(2)11-12-18(4)16(20)15(17-3)10-8-9-13-19(5,6)7;1-14(2)6-12-17(9-5-13-20(4,18)19)15-7-10-16(3)11-8-15;1-13(2)5-11-17(12-6-14(3)18)15-7-9-16(4)10-8-15;1-13(2)5-10-16(11-12-19(4,17)18)14-6-8-15(3)9-7-14;1-12(2)5-8-15(4)14-6-9-16(10-7-14)11-13(3)17;1-5-9-15(4)12(10-14(17)18)13(16)8-6-7-11(2)3;1-11(2)5-7-13(8-6-12-3)9-10-16(4,14)15/h14-15,17H,8-13H2,1-7H3;14-15H,5-13H2,1-4H3,(H,18,19);13,15H,5-12H2,1-4H3;13-14H,4-12H2,1-3H3,(H,17,18);12,14H,5-11H2,1-4H3;11-12H,5-10H2,1-4H3,(H,17,18);11-12H,4-10H2,1-3H3,(H,14,15)/q+1;;;;;;. The van der Waals surface area contributed by atoms with E-state index in [1.807, 2.05) is 44.9 Å². The van der Waals surface area contributed by atoms with Crippen molar-refractivity contribution in [2.24, 2.45) is 41.4 Å². The van der Waals surface area contributed by atoms with Crippen LogP contribution in [-0.4, -0.2) is 416 Å². The van der Waals surface area contributed by atoms with Gasteiger partial charge in [0.05, 0.1) is 83.8 Å². The van der Waals surface area contributed by atoms with E-state index < -0.39 is 39.0 Å². The molecule has 29 heteroatoms. The lowest BCUT2D eigenvalue weighted by Gasteiger charge is -2.37. The van der Waals surface area contributed by atoms with Gasteiger partial charge in [-0.05, 0) is 330 Å². The van der Waals surface area contributed by atoms with Gasteiger partial charge in [0.15, 0.2) is 13.2 Å². The summed E-state index contributed by atoms with van der Waals surface area (Å²) in [6, 6.07) is 2.15. The average Bonchev–Trinajstić information content (AvgIpc) is 0.892. The number of nitrogens with zero attached hydrogens (tertiary/aromatic N) is 12. The maximum atomic E-state index is 12.3. The summed E-state index contributed by atoms with van der Waals surface area (Å²) >= 11 is 0. The molecule has 4 aliphatic rings. The predicted molar refractivity (Wildman–Crippen MR) is 552 cm³/mol. The summed E-state index contributed by atoms with van der Waals surface area (Å²) in [5, 5.41) is 15.1. The highest BCUT2D eigenvalue weighted by Gasteiger charge is 2.30. The number of nitrogens with one attached hydrogen (secondary N) is 2. The summed E-state index contributed by atoms with van der Waals surface area (Å²) in [7, 11) is 14.4. The highest BCUT2D eigenvalue weighted by Crippen LogP contribution is 2.36. The second-order valence-electron chi connectivity index (χ2n) is 42.4. The number of carbonyl (C=O) groups excluding carboxylic acids is 4. The number of piperidine rings is 4. The largest absolute Gasteiger partial charge is 0.481 e. The van der Waals surface area contributed by atoms with Gasteiger partial charge in [0.2, 0.25) is 5.91 Å². The van der Waals surface area contributed by atoms with Crippen LogP contribution >= 0.6 is 7.37 Å². The van der Waals surface area contributed by atoms with Gasteiger partial charge in [0.1, 0.15) is 11.6 Å². The van der Waals surface area contributed by atoms with Crippen molar-refractivity contribution >= 4 is 67.9 Å². The van der Waals surface area contributed by atoms with Crippen molar-refractivity contribution in [3.8, 4) is 0 Å². The fraction of sp³-hybridized carbons (Fsp3) is 0.929. The molecular formula is C99H210N14O12PS2+. The number of hydrogen-bond acceptors (Lipinski definition) is 20. The second-order valence-corrected chi connectivity index (χ2v) is 48.9. The molecule has 4 fully saturated rings. The summed E-state index contributed by atoms with van der Waals surface area (Å²) in [5.41, 5.74) is 0. The number of quaternary nitrogens is 1. The van der Waals surface area contributed by atoms with Gasteiger partial charge < -0.3 is 68.5 Å². The number of likely N-dealkylation sites (N-methyl/N-ethyl adjacent to an activating group) is 4. The molecule has 0 aliphatic carbocycles. The first kappa shape index (κ1) is 130. The molecular weight excluding hydrogens is 1670 g/mol. The van der Waals surface area contributed by atoms with Crippen LogP contribution in [-0.2, 0) is 48.1 Å². The molecule has 0 aromatic heterocycles. The van der Waals surface area contributed by atoms with Crippen molar-refractivity contribution in [2.45, 2.75) is 308 Å². The number of likely N-dealkylation sites (tertiary alicyclic amines) is 4. The molecule has 764 valence electrons. The number of ketones is 3. The molecule has 0 saturated carbocycles. The third-order valence-electron chi connectivity index (χ3n) is 24.9. The minimum atomic E-state index is -2.86. The number of carboxylic acids is 1. The number of rotatable bonds is 57. The topological polar surface area (TPSA) is 277 Å². The smallest absolute Gasteiger partial charge is 0.305 e. The molecule has 1 amide bonds. The molecule has 4 heterocycles. The van der Waals surface area contributed by atoms with Crippen LogP contribution in [0.25, 0.3) is 0 Å². The molecule has 4 rings (SSSR count). The van der Waals surface area contributed by atoms with Gasteiger partial charge in [-0.15, -0.1) is 0 Å². The molecule has 0 radical (unpaired) electrons. The zero-order valence-corrected chi connectivity index (χ0v) is 91.0. The quantitative estimate of drug-likeness (QED) is 0.0143. The van der Waals surface area contributed by atoms with Gasteiger partial charge in [0.25, 0.3) is 0 Å². The Hall–Kier alpha value is -2.42. The molecule has 0 aromatic rings. The van der Waals surface area contributed by atoms with Crippen molar-refractivity contribution in [3.63, 3.8) is 0 Å². The Kier molecular flexibility index (Phi) is 74.8. The molecule has 0 bridgehead atoms. The first-order valence-electron chi connectivity index (χ1n) is 50.1. The Morgan fingerprint density at radius 3 is 1.27 bits per heavy atom. The van der Waals surface area contributed by atoms with Crippen LogP contribution in [0.2, 0.25) is 0 Å². The highest BCUT2D eigenvalue weighted by molar-refractivity contribution is 7.95. The molecule has 5 atom stereocenters. The lowest BCUT2D eigenvalue weighted by molar-refractivity contribution is -0.870. The molecule has 4 saturated heterocycles. The molecule has 26 nitrogen and oxygen atoms in total. The number of Topliss-reactive ketones (excluding diaryl/α,β-unsaturated/α-hetero) is 3. The lowest BCUT2D eigenvalue weighted by atomic mass is 9.99. The van der Waals surface area contributed by atoms with Gasteiger partial charge in [-0.2, -0.15) is 0 Å². The van der Waals surface area contributed by atoms with E-state index >= 15 is 0 Å². The van der Waals surface area contributed by atoms with E-state index in [4.69, 9.17) is 9.66 Å². The van der Waals surface area contributed by atoms with Crippen LogP contribution in [0.4, 0.5) is 0 Å². The fourth-order valence-corrected chi connectivity index (χ4v) is 17.7. The van der Waals surface area contributed by atoms with Crippen molar-refractivity contribution in [1.29, 1.82) is 0 Å². The van der Waals surface area contributed by atoms with E-state index in [1.54, 1.807) is 13.8 Å². The highest BCUT2D eigenvalue weighted by atomic mass is 32.2. The van der Waals surface area contributed by atoms with E-state index in [-0.39, 0.29) is 41.4 Å². The number of hydrogen-bond donors (Lipinski definition) is 6. The number of carbonyl (C=O) groups is 5. The Morgan fingerprint density at radius 1 is 0.492 bits per heavy atom. The monoisotopic (exact) mass is 1880 g/mol. The van der Waals surface area contributed by atoms with E-state index in [2.05, 4.69) is 213 Å². The first-order valence-corrected chi connectivity index (χ1v) is 56.1. The minimum absolute atomic E-state index is 0.0281. The molecule has 6 N–H and O–H groups in total. The maximum absolute atomic E-state index is 12.3. The summed E-state index contributed by atoms with van der Waals surface area (Å²) in [6.45, 7) is 61.1. The Bertz CT molecular complexity index is 3060. The van der Waals surface area contributed by atoms with Crippen LogP contribution in [0.5, 0.6) is 0 Å². The molecule has 5 unspecified atom stereocenters. The van der Waals surface area contributed by atoms with Crippen molar-refractivity contribution < 1.29 is 60.5 Å². The van der Waals surface area contributed by atoms with E-state index in [1.165, 1.54) is 116 Å². The van der Waals surface area contributed by atoms with Crippen molar-refractivity contribution in [1.82, 2.24) is 64.5 Å². The molecule has 0 aromatic carbocycles. The van der Waals surface area contributed by atoms with Crippen molar-refractivity contribution in [3.05, 3.63) is 0 Å². The zero-order chi connectivity index (χ0) is 98.5. The second kappa shape index (κ2) is 73.8. The normalized spacial score (nSPS) is 17.7. The number of unbranched alkanes of at least 4 members (excludes halogenated alkanes) is 1. The SMILES string of the molecule is C=S(=O)(O)CCN(CCC(C)C)C1CCN(C)CC1.C=S(=O)(O)CCN(CCNC)CCC(C)C.CC(=O)CCN(CCC(C)C)C1CCN(C)CC1.CC(=O)CN1CCC(N(C)CCC(C)C)CC1.CC(C)CCN(CCCP(C)(=O)O)C1CCN(C)CC1.CCCN(C)C(CC(=O)O)C(=O)CCCC(C)C.CNC(CCCC[N+](C)(C)C)C(=O)N(C)CCC(C)C. The van der Waals surface area contributed by atoms with Gasteiger partial charge in [-0.25, -0.2) is 8.42 Å². The Balaban J connectivity index is -0.00000143. The summed E-state index contributed by atoms with van der Waals surface area (Å²) < 4.78 is 53.4. The third-order valence-corrected chi connectivity index (χ3v) is 27.7. The van der Waals surface area contributed by atoms with Crippen LogP contribution in [0.15, 0.2) is 0 Å². The first-order chi connectivity index (χ1) is 59.4. The van der Waals surface area contributed by atoms with Crippen molar-refractivity contribution in [2.75, 3.05) is 252 Å². The van der Waals surface area contributed by atoms with E-state index in [0.717, 1.165) is 184 Å². The van der Waals surface area contributed by atoms with Gasteiger partial charge in [-0.1, -0.05) is 110 Å². The van der Waals surface area contributed by atoms with Gasteiger partial charge >= 0.3 is 5.97 Å². The Morgan fingerprint density at radius 2 is 0.891 bits per heavy atom. The summed E-state index contributed by atoms with van der Waals surface area (Å²) in [4.78, 5) is 92.4.